The van der Waals surface area contributed by atoms with E-state index in [0.29, 0.717) is 5.56 Å². The average molecular weight is 293 g/mol. The minimum Gasteiger partial charge on any atom is -0.322 e. The minimum atomic E-state index is -0.114. The fraction of sp³-hybridized carbons (Fsp3) is 0.125. The maximum Gasteiger partial charge on any atom is 0.255 e. The Kier molecular flexibility index (Phi) is 3.65. The normalized spacial score (nSPS) is 10.5. The Morgan fingerprint density at radius 3 is 2.55 bits per heavy atom. The number of carbonyl (C=O) groups is 1. The summed E-state index contributed by atoms with van der Waals surface area (Å²) < 4.78 is 1.55. The van der Waals surface area contributed by atoms with E-state index in [4.69, 9.17) is 0 Å². The van der Waals surface area contributed by atoms with E-state index in [-0.39, 0.29) is 5.91 Å². The molecule has 0 aliphatic heterocycles. The van der Waals surface area contributed by atoms with Crippen molar-refractivity contribution in [2.45, 2.75) is 13.8 Å². The molecule has 6 nitrogen and oxygen atoms in total. The van der Waals surface area contributed by atoms with Crippen LogP contribution >= 0.6 is 0 Å². The fourth-order valence-electron chi connectivity index (χ4n) is 2.16. The molecule has 1 aromatic heterocycles. The van der Waals surface area contributed by atoms with Gasteiger partial charge in [0.2, 0.25) is 0 Å². The number of amides is 1. The number of anilines is 1. The van der Waals surface area contributed by atoms with Gasteiger partial charge in [-0.05, 0) is 60.2 Å². The number of nitrogens with zero attached hydrogens (tertiary/aromatic N) is 4. The molecule has 0 radical (unpaired) electrons. The second kappa shape index (κ2) is 5.77. The Morgan fingerprint density at radius 1 is 1.09 bits per heavy atom. The first-order valence-electron chi connectivity index (χ1n) is 6.85. The first-order valence-corrected chi connectivity index (χ1v) is 6.85. The molecule has 0 aliphatic rings. The van der Waals surface area contributed by atoms with E-state index < -0.39 is 0 Å². The molecular formula is C16H15N5O. The van der Waals surface area contributed by atoms with Crippen LogP contribution in [0.2, 0.25) is 0 Å². The topological polar surface area (TPSA) is 72.7 Å². The van der Waals surface area contributed by atoms with Crippen LogP contribution in [0.1, 0.15) is 21.5 Å². The lowest BCUT2D eigenvalue weighted by molar-refractivity contribution is 0.102. The van der Waals surface area contributed by atoms with Crippen molar-refractivity contribution < 1.29 is 4.79 Å². The summed E-state index contributed by atoms with van der Waals surface area (Å²) in [5, 5.41) is 13.9. The van der Waals surface area contributed by atoms with Crippen molar-refractivity contribution >= 4 is 11.6 Å². The predicted molar refractivity (Wildman–Crippen MR) is 83.0 cm³/mol. The molecule has 6 heteroatoms. The number of benzene rings is 2. The van der Waals surface area contributed by atoms with Crippen molar-refractivity contribution in [3.8, 4) is 5.69 Å². The monoisotopic (exact) mass is 293 g/mol. The molecule has 3 rings (SSSR count). The summed E-state index contributed by atoms with van der Waals surface area (Å²) in [5.41, 5.74) is 4.25. The van der Waals surface area contributed by atoms with E-state index >= 15 is 0 Å². The van der Waals surface area contributed by atoms with Crippen molar-refractivity contribution in [2.75, 3.05) is 5.32 Å². The Bertz CT molecular complexity index is 794. The van der Waals surface area contributed by atoms with E-state index in [1.54, 1.807) is 4.68 Å². The third-order valence-electron chi connectivity index (χ3n) is 3.38. The number of hydrogen-bond donors (Lipinski definition) is 1. The van der Waals surface area contributed by atoms with Crippen molar-refractivity contribution in [3.63, 3.8) is 0 Å². The number of nitrogens with one attached hydrogen (secondary N) is 1. The number of rotatable bonds is 3. The summed E-state index contributed by atoms with van der Waals surface area (Å²) >= 11 is 0. The molecule has 0 atom stereocenters. The molecule has 0 fully saturated rings. The summed E-state index contributed by atoms with van der Waals surface area (Å²) in [4.78, 5) is 12.4. The number of aromatic nitrogens is 4. The van der Waals surface area contributed by atoms with Gasteiger partial charge in [0.1, 0.15) is 6.33 Å². The van der Waals surface area contributed by atoms with Crippen LogP contribution in [-0.4, -0.2) is 26.1 Å². The SMILES string of the molecule is Cc1ccc(C)c(C(=O)Nc2ccc(-n3cnnn3)cc2)c1. The van der Waals surface area contributed by atoms with Gasteiger partial charge in [-0.15, -0.1) is 5.10 Å². The van der Waals surface area contributed by atoms with Gasteiger partial charge in [0.15, 0.2) is 0 Å². The van der Waals surface area contributed by atoms with E-state index in [0.717, 1.165) is 22.5 Å². The zero-order chi connectivity index (χ0) is 15.5. The van der Waals surface area contributed by atoms with Gasteiger partial charge in [0.05, 0.1) is 5.69 Å². The van der Waals surface area contributed by atoms with Crippen LogP contribution in [0.3, 0.4) is 0 Å². The smallest absolute Gasteiger partial charge is 0.255 e. The maximum atomic E-state index is 12.4. The van der Waals surface area contributed by atoms with Gasteiger partial charge < -0.3 is 5.32 Å². The molecule has 0 aliphatic carbocycles. The van der Waals surface area contributed by atoms with Crippen LogP contribution in [0.5, 0.6) is 0 Å². The molecule has 1 N–H and O–H groups in total. The van der Waals surface area contributed by atoms with Crippen molar-refractivity contribution in [1.29, 1.82) is 0 Å². The predicted octanol–water partition coefficient (Wildman–Crippen LogP) is 2.53. The molecule has 0 bridgehead atoms. The standard InChI is InChI=1S/C16H15N5O/c1-11-3-4-12(2)15(9-11)16(22)18-13-5-7-14(8-6-13)21-10-17-19-20-21/h3-10H,1-2H3,(H,18,22). The quantitative estimate of drug-likeness (QED) is 0.805. The molecular weight excluding hydrogens is 278 g/mol. The summed E-state index contributed by atoms with van der Waals surface area (Å²) in [7, 11) is 0. The van der Waals surface area contributed by atoms with E-state index in [9.17, 15) is 4.79 Å². The number of aryl methyl sites for hydroxylation is 2. The third-order valence-corrected chi connectivity index (χ3v) is 3.38. The summed E-state index contributed by atoms with van der Waals surface area (Å²) in [5.74, 6) is -0.114. The summed E-state index contributed by atoms with van der Waals surface area (Å²) in [6, 6.07) is 13.2. The Hall–Kier alpha value is -3.02. The van der Waals surface area contributed by atoms with Gasteiger partial charge in [-0.3, -0.25) is 4.79 Å². The Morgan fingerprint density at radius 2 is 1.86 bits per heavy atom. The van der Waals surface area contributed by atoms with Crippen molar-refractivity contribution in [3.05, 3.63) is 65.5 Å². The van der Waals surface area contributed by atoms with Gasteiger partial charge in [-0.25, -0.2) is 4.68 Å². The summed E-state index contributed by atoms with van der Waals surface area (Å²) in [6.07, 6.45) is 1.52. The molecule has 0 saturated heterocycles. The lowest BCUT2D eigenvalue weighted by Gasteiger charge is -2.09. The van der Waals surface area contributed by atoms with Crippen molar-refractivity contribution in [1.82, 2.24) is 20.2 Å². The second-order valence-corrected chi connectivity index (χ2v) is 5.07. The minimum absolute atomic E-state index is 0.114. The van der Waals surface area contributed by atoms with Gasteiger partial charge in [-0.1, -0.05) is 17.7 Å². The van der Waals surface area contributed by atoms with Gasteiger partial charge in [-0.2, -0.15) is 0 Å². The van der Waals surface area contributed by atoms with E-state index in [2.05, 4.69) is 20.8 Å². The highest BCUT2D eigenvalue weighted by atomic mass is 16.1. The van der Waals surface area contributed by atoms with E-state index in [1.165, 1.54) is 6.33 Å². The maximum absolute atomic E-state index is 12.4. The Labute approximate surface area is 127 Å². The zero-order valence-electron chi connectivity index (χ0n) is 12.3. The van der Waals surface area contributed by atoms with Gasteiger partial charge in [0.25, 0.3) is 5.91 Å². The van der Waals surface area contributed by atoms with Crippen LogP contribution < -0.4 is 5.32 Å². The fourth-order valence-corrected chi connectivity index (χ4v) is 2.16. The number of carbonyl (C=O) groups excluding carboxylic acids is 1. The largest absolute Gasteiger partial charge is 0.322 e. The lowest BCUT2D eigenvalue weighted by Crippen LogP contribution is -2.13. The molecule has 1 amide bonds. The molecule has 0 unspecified atom stereocenters. The molecule has 0 saturated carbocycles. The highest BCUT2D eigenvalue weighted by Gasteiger charge is 2.09. The molecule has 110 valence electrons. The molecule has 22 heavy (non-hydrogen) atoms. The zero-order valence-corrected chi connectivity index (χ0v) is 12.3. The van der Waals surface area contributed by atoms with Crippen LogP contribution in [0.4, 0.5) is 5.69 Å². The van der Waals surface area contributed by atoms with Gasteiger partial charge in [0, 0.05) is 11.3 Å². The second-order valence-electron chi connectivity index (χ2n) is 5.07. The van der Waals surface area contributed by atoms with Crippen LogP contribution in [-0.2, 0) is 0 Å². The van der Waals surface area contributed by atoms with Crippen LogP contribution in [0.15, 0.2) is 48.8 Å². The lowest BCUT2D eigenvalue weighted by atomic mass is 10.1. The Balaban J connectivity index is 1.78. The first kappa shape index (κ1) is 13.9. The molecule has 3 aromatic rings. The first-order chi connectivity index (χ1) is 10.6. The average Bonchev–Trinajstić information content (AvgIpc) is 3.05. The molecule has 1 heterocycles. The highest BCUT2D eigenvalue weighted by molar-refractivity contribution is 6.05. The van der Waals surface area contributed by atoms with Gasteiger partial charge >= 0.3 is 0 Å². The molecule has 2 aromatic carbocycles. The molecule has 0 spiro atoms. The number of tetrazole rings is 1. The third kappa shape index (κ3) is 2.85. The van der Waals surface area contributed by atoms with Crippen molar-refractivity contribution in [2.24, 2.45) is 0 Å². The van der Waals surface area contributed by atoms with Crippen LogP contribution in [0.25, 0.3) is 5.69 Å². The highest BCUT2D eigenvalue weighted by Crippen LogP contribution is 2.16. The van der Waals surface area contributed by atoms with E-state index in [1.807, 2.05) is 56.3 Å². The van der Waals surface area contributed by atoms with Crippen LogP contribution in [0, 0.1) is 13.8 Å². The number of hydrogen-bond acceptors (Lipinski definition) is 4. The summed E-state index contributed by atoms with van der Waals surface area (Å²) in [6.45, 7) is 3.90.